The number of aromatic amines is 1. The first-order chi connectivity index (χ1) is 14.7. The third-order valence-electron chi connectivity index (χ3n) is 4.95. The van der Waals surface area contributed by atoms with Gasteiger partial charge in [0.25, 0.3) is 5.69 Å². The number of sulfone groups is 1. The molecule has 7 nitrogen and oxygen atoms in total. The van der Waals surface area contributed by atoms with Crippen LogP contribution >= 0.6 is 0 Å². The van der Waals surface area contributed by atoms with E-state index in [1.54, 1.807) is 36.4 Å². The maximum absolute atomic E-state index is 11.8. The summed E-state index contributed by atoms with van der Waals surface area (Å²) in [5, 5.41) is 10.9. The zero-order valence-electron chi connectivity index (χ0n) is 16.9. The van der Waals surface area contributed by atoms with Crippen molar-refractivity contribution in [1.82, 2.24) is 9.97 Å². The Balaban J connectivity index is 1.84. The average Bonchev–Trinajstić information content (AvgIpc) is 3.19. The van der Waals surface area contributed by atoms with Crippen molar-refractivity contribution in [2.24, 2.45) is 0 Å². The lowest BCUT2D eigenvalue weighted by Gasteiger charge is -2.05. The summed E-state index contributed by atoms with van der Waals surface area (Å²) in [6.07, 6.45) is 1.17. The predicted octanol–water partition coefficient (Wildman–Crippen LogP) is 5.03. The van der Waals surface area contributed by atoms with Gasteiger partial charge in [0.2, 0.25) is 0 Å². The van der Waals surface area contributed by atoms with Gasteiger partial charge in [-0.05, 0) is 31.2 Å². The molecule has 4 aromatic rings. The van der Waals surface area contributed by atoms with E-state index in [-0.39, 0.29) is 10.6 Å². The minimum absolute atomic E-state index is 0.00523. The summed E-state index contributed by atoms with van der Waals surface area (Å²) in [7, 11) is -3.30. The maximum Gasteiger partial charge on any atom is 0.269 e. The molecular formula is C23H19N3O4S. The van der Waals surface area contributed by atoms with Crippen molar-refractivity contribution in [3.05, 3.63) is 88.5 Å². The van der Waals surface area contributed by atoms with Gasteiger partial charge >= 0.3 is 0 Å². The van der Waals surface area contributed by atoms with Crippen LogP contribution in [0.15, 0.2) is 77.7 Å². The molecule has 0 aliphatic rings. The molecule has 0 bridgehead atoms. The number of nitro groups is 1. The minimum atomic E-state index is -3.30. The molecule has 1 aromatic heterocycles. The Hall–Kier alpha value is -3.78. The molecule has 0 aliphatic heterocycles. The SMILES string of the molecule is Cc1ccc(-c2[nH]c(-c3ccc([N+](=O)[O-])cc3)nc2-c2ccc(S(C)(=O)=O)cc2)cc1. The Morgan fingerprint density at radius 1 is 0.839 bits per heavy atom. The quantitative estimate of drug-likeness (QED) is 0.351. The lowest BCUT2D eigenvalue weighted by molar-refractivity contribution is -0.384. The lowest BCUT2D eigenvalue weighted by atomic mass is 10.0. The summed E-state index contributed by atoms with van der Waals surface area (Å²) in [5.41, 5.74) is 4.96. The zero-order chi connectivity index (χ0) is 22.2. The van der Waals surface area contributed by atoms with Gasteiger partial charge in [0.1, 0.15) is 5.82 Å². The van der Waals surface area contributed by atoms with Crippen molar-refractivity contribution in [1.29, 1.82) is 0 Å². The number of nitrogens with one attached hydrogen (secondary N) is 1. The Morgan fingerprint density at radius 3 is 1.94 bits per heavy atom. The number of imidazole rings is 1. The van der Waals surface area contributed by atoms with E-state index in [1.165, 1.54) is 18.4 Å². The highest BCUT2D eigenvalue weighted by atomic mass is 32.2. The van der Waals surface area contributed by atoms with Crippen LogP contribution < -0.4 is 0 Å². The summed E-state index contributed by atoms with van der Waals surface area (Å²) in [4.78, 5) is 18.8. The third kappa shape index (κ3) is 4.24. The molecule has 0 fully saturated rings. The van der Waals surface area contributed by atoms with Crippen LogP contribution in [-0.4, -0.2) is 29.6 Å². The van der Waals surface area contributed by atoms with Gasteiger partial charge in [-0.1, -0.05) is 42.0 Å². The van der Waals surface area contributed by atoms with Crippen LogP contribution in [0, 0.1) is 17.0 Å². The number of aryl methyl sites for hydroxylation is 1. The molecule has 0 saturated carbocycles. The molecular weight excluding hydrogens is 414 g/mol. The molecule has 3 aromatic carbocycles. The van der Waals surface area contributed by atoms with Crippen LogP contribution in [0.5, 0.6) is 0 Å². The fourth-order valence-corrected chi connectivity index (χ4v) is 3.88. The molecule has 4 rings (SSSR count). The van der Waals surface area contributed by atoms with Gasteiger partial charge < -0.3 is 4.98 Å². The molecule has 1 N–H and O–H groups in total. The van der Waals surface area contributed by atoms with E-state index < -0.39 is 14.8 Å². The van der Waals surface area contributed by atoms with E-state index in [4.69, 9.17) is 4.98 Å². The monoisotopic (exact) mass is 433 g/mol. The minimum Gasteiger partial charge on any atom is -0.337 e. The molecule has 0 saturated heterocycles. The number of nitro benzene ring substituents is 1. The number of hydrogen-bond donors (Lipinski definition) is 1. The van der Waals surface area contributed by atoms with Gasteiger partial charge in [-0.25, -0.2) is 13.4 Å². The van der Waals surface area contributed by atoms with Crippen molar-refractivity contribution < 1.29 is 13.3 Å². The number of aromatic nitrogens is 2. The Morgan fingerprint density at radius 2 is 1.39 bits per heavy atom. The first-order valence-electron chi connectivity index (χ1n) is 9.45. The second-order valence-electron chi connectivity index (χ2n) is 7.28. The fraction of sp³-hybridized carbons (Fsp3) is 0.0870. The number of nitrogens with zero attached hydrogens (tertiary/aromatic N) is 2. The average molecular weight is 433 g/mol. The first kappa shape index (κ1) is 20.5. The normalized spacial score (nSPS) is 11.4. The topological polar surface area (TPSA) is 106 Å². The lowest BCUT2D eigenvalue weighted by Crippen LogP contribution is -1.96. The summed E-state index contributed by atoms with van der Waals surface area (Å²) < 4.78 is 23.6. The van der Waals surface area contributed by atoms with Crippen LogP contribution in [0.2, 0.25) is 0 Å². The third-order valence-corrected chi connectivity index (χ3v) is 6.08. The van der Waals surface area contributed by atoms with Crippen LogP contribution in [0.4, 0.5) is 5.69 Å². The summed E-state index contributed by atoms with van der Waals surface area (Å²) in [6.45, 7) is 2.00. The smallest absolute Gasteiger partial charge is 0.269 e. The van der Waals surface area contributed by atoms with Gasteiger partial charge in [0, 0.05) is 35.1 Å². The Bertz CT molecular complexity index is 1360. The number of non-ortho nitro benzene ring substituents is 1. The van der Waals surface area contributed by atoms with E-state index >= 15 is 0 Å². The zero-order valence-corrected chi connectivity index (χ0v) is 17.7. The highest BCUT2D eigenvalue weighted by Gasteiger charge is 2.17. The van der Waals surface area contributed by atoms with Crippen molar-refractivity contribution >= 4 is 15.5 Å². The van der Waals surface area contributed by atoms with Crippen LogP contribution in [0.1, 0.15) is 5.56 Å². The van der Waals surface area contributed by atoms with E-state index in [0.29, 0.717) is 17.1 Å². The molecule has 8 heteroatoms. The molecule has 0 amide bonds. The largest absolute Gasteiger partial charge is 0.337 e. The molecule has 0 radical (unpaired) electrons. The van der Waals surface area contributed by atoms with Crippen molar-refractivity contribution in [2.75, 3.05) is 6.26 Å². The van der Waals surface area contributed by atoms with Crippen molar-refractivity contribution in [2.45, 2.75) is 11.8 Å². The Labute approximate surface area is 179 Å². The molecule has 1 heterocycles. The van der Waals surface area contributed by atoms with E-state index in [0.717, 1.165) is 22.4 Å². The van der Waals surface area contributed by atoms with Gasteiger partial charge in [-0.15, -0.1) is 0 Å². The highest BCUT2D eigenvalue weighted by Crippen LogP contribution is 2.34. The Kier molecular flexibility index (Phi) is 5.16. The standard InChI is InChI=1S/C23H19N3O4S/c1-15-3-5-16(6-4-15)21-22(17-9-13-20(14-10-17)31(2,29)30)25-23(24-21)18-7-11-19(12-8-18)26(27)28/h3-14H,1-2H3,(H,24,25). The number of H-pyrrole nitrogens is 1. The highest BCUT2D eigenvalue weighted by molar-refractivity contribution is 7.90. The van der Waals surface area contributed by atoms with Gasteiger partial charge in [-0.3, -0.25) is 10.1 Å². The number of benzene rings is 3. The molecule has 31 heavy (non-hydrogen) atoms. The van der Waals surface area contributed by atoms with E-state index in [2.05, 4.69) is 4.98 Å². The molecule has 0 spiro atoms. The predicted molar refractivity (Wildman–Crippen MR) is 119 cm³/mol. The second-order valence-corrected chi connectivity index (χ2v) is 9.29. The van der Waals surface area contributed by atoms with Gasteiger partial charge in [0.05, 0.1) is 21.2 Å². The second kappa shape index (κ2) is 7.81. The van der Waals surface area contributed by atoms with Crippen molar-refractivity contribution in [3.63, 3.8) is 0 Å². The summed E-state index contributed by atoms with van der Waals surface area (Å²) in [5.74, 6) is 0.563. The van der Waals surface area contributed by atoms with Crippen LogP contribution in [0.25, 0.3) is 33.9 Å². The molecule has 156 valence electrons. The van der Waals surface area contributed by atoms with Crippen LogP contribution in [-0.2, 0) is 9.84 Å². The van der Waals surface area contributed by atoms with Crippen LogP contribution in [0.3, 0.4) is 0 Å². The number of hydrogen-bond acceptors (Lipinski definition) is 5. The van der Waals surface area contributed by atoms with Gasteiger partial charge in [-0.2, -0.15) is 0 Å². The summed E-state index contributed by atoms with van der Waals surface area (Å²) in [6, 6.07) is 20.7. The van der Waals surface area contributed by atoms with E-state index in [1.807, 2.05) is 31.2 Å². The number of rotatable bonds is 5. The molecule has 0 unspecified atom stereocenters. The van der Waals surface area contributed by atoms with Gasteiger partial charge in [0.15, 0.2) is 9.84 Å². The van der Waals surface area contributed by atoms with E-state index in [9.17, 15) is 18.5 Å². The summed E-state index contributed by atoms with van der Waals surface area (Å²) >= 11 is 0. The molecule has 0 aliphatic carbocycles. The first-order valence-corrected chi connectivity index (χ1v) is 11.3. The maximum atomic E-state index is 11.8. The van der Waals surface area contributed by atoms with Crippen molar-refractivity contribution in [3.8, 4) is 33.9 Å². The molecule has 0 atom stereocenters. The fourth-order valence-electron chi connectivity index (χ4n) is 3.25.